The number of ether oxygens (including phenoxy) is 3. The molecule has 1 atom stereocenters. The minimum Gasteiger partial charge on any atom is -0.462 e. The lowest BCUT2D eigenvalue weighted by atomic mass is 10.0. The van der Waals surface area contributed by atoms with E-state index in [0.717, 1.165) is 83.5 Å². The van der Waals surface area contributed by atoms with Gasteiger partial charge in [-0.15, -0.1) is 0 Å². The summed E-state index contributed by atoms with van der Waals surface area (Å²) < 4.78 is 17.0. The first-order valence-electron chi connectivity index (χ1n) is 35.6. The Hall–Kier alpha value is -2.63. The van der Waals surface area contributed by atoms with Crippen LogP contribution < -0.4 is 0 Å². The molecule has 1 unspecified atom stereocenters. The summed E-state index contributed by atoms with van der Waals surface area (Å²) in [4.78, 5) is 38.4. The Balaban J connectivity index is 4.27. The third-order valence-corrected chi connectivity index (χ3v) is 16.1. The predicted molar refractivity (Wildman–Crippen MR) is 349 cm³/mol. The van der Waals surface area contributed by atoms with Crippen molar-refractivity contribution < 1.29 is 28.6 Å². The maximum atomic E-state index is 13.0. The molecule has 6 nitrogen and oxygen atoms in total. The minimum atomic E-state index is -0.788. The second kappa shape index (κ2) is 68.9. The molecule has 0 fully saturated rings. The molecule has 0 bridgehead atoms. The molecule has 6 heteroatoms. The van der Waals surface area contributed by atoms with Crippen LogP contribution in [0, 0.1) is 0 Å². The summed E-state index contributed by atoms with van der Waals surface area (Å²) in [5.41, 5.74) is 0. The van der Waals surface area contributed by atoms with Crippen LogP contribution >= 0.6 is 0 Å². The monoisotopic (exact) mass is 1120 g/mol. The van der Waals surface area contributed by atoms with Gasteiger partial charge in [-0.2, -0.15) is 0 Å². The molecule has 0 saturated carbocycles. The fourth-order valence-corrected chi connectivity index (χ4v) is 10.8. The van der Waals surface area contributed by atoms with Crippen LogP contribution in [-0.4, -0.2) is 37.2 Å². The quantitative estimate of drug-likeness (QED) is 0.0261. The molecular weight excluding hydrogens is 985 g/mol. The van der Waals surface area contributed by atoms with Crippen molar-refractivity contribution in [2.24, 2.45) is 0 Å². The van der Waals surface area contributed by atoms with E-state index in [0.29, 0.717) is 19.3 Å². The number of carbonyl (C=O) groups is 3. The lowest BCUT2D eigenvalue weighted by Crippen LogP contribution is -2.30. The lowest BCUT2D eigenvalue weighted by molar-refractivity contribution is -0.167. The van der Waals surface area contributed by atoms with Gasteiger partial charge in [0.1, 0.15) is 13.2 Å². The molecule has 0 heterocycles. The molecule has 0 spiro atoms. The molecule has 0 aromatic rings. The van der Waals surface area contributed by atoms with E-state index in [1.165, 1.54) is 263 Å². The van der Waals surface area contributed by atoms with E-state index in [1.54, 1.807) is 0 Å². The van der Waals surface area contributed by atoms with E-state index in [2.05, 4.69) is 69.4 Å². The normalized spacial score (nSPS) is 12.3. The smallest absolute Gasteiger partial charge is 0.306 e. The number of allylic oxidation sites excluding steroid dienone is 8. The molecule has 0 saturated heterocycles. The first kappa shape index (κ1) is 77.4. The Morgan fingerprint density at radius 1 is 0.263 bits per heavy atom. The van der Waals surface area contributed by atoms with Gasteiger partial charge in [-0.25, -0.2) is 0 Å². The summed E-state index contributed by atoms with van der Waals surface area (Å²) in [5, 5.41) is 0. The Bertz CT molecular complexity index is 1380. The highest BCUT2D eigenvalue weighted by molar-refractivity contribution is 5.71. The fraction of sp³-hybridized carbons (Fsp3) is 0.851. The average Bonchev–Trinajstić information content (AvgIpc) is 3.46. The first-order chi connectivity index (χ1) is 39.5. The molecule has 0 aromatic carbocycles. The van der Waals surface area contributed by atoms with Crippen molar-refractivity contribution in [2.45, 2.75) is 393 Å². The molecular formula is C74H136O6. The fourth-order valence-electron chi connectivity index (χ4n) is 10.8. The maximum Gasteiger partial charge on any atom is 0.306 e. The van der Waals surface area contributed by atoms with Crippen molar-refractivity contribution in [3.05, 3.63) is 48.6 Å². The molecule has 0 rings (SSSR count). The zero-order valence-corrected chi connectivity index (χ0v) is 53.9. The molecule has 0 radical (unpaired) electrons. The van der Waals surface area contributed by atoms with Gasteiger partial charge in [0.05, 0.1) is 0 Å². The standard InChI is InChI=1S/C74H136O6/c1-4-7-10-13-16-19-22-25-28-30-32-34-35-36-37-38-40-41-43-46-49-52-55-58-61-64-67-73(76)79-70-71(69-78-72(75)66-63-60-57-54-51-48-45-27-24-21-18-15-12-9-6-3)80-74(77)68-65-62-59-56-53-50-47-44-42-39-33-31-29-26-23-20-17-14-11-8-5-2/h9,12,18,21,27,45,51,54,71H,4-8,10-11,13-17,19-20,22-26,28-44,46-50,52-53,55-70H2,1-3H3/b12-9-,21-18-,45-27-,54-51-. The minimum absolute atomic E-state index is 0.0809. The number of carbonyl (C=O) groups excluding carboxylic acids is 3. The summed E-state index contributed by atoms with van der Waals surface area (Å²) in [7, 11) is 0. The second-order valence-corrected chi connectivity index (χ2v) is 24.1. The molecule has 0 aromatic heterocycles. The molecule has 80 heavy (non-hydrogen) atoms. The lowest BCUT2D eigenvalue weighted by Gasteiger charge is -2.18. The summed E-state index contributed by atoms with van der Waals surface area (Å²) in [6, 6.07) is 0. The SMILES string of the molecule is CC/C=C\C/C=C\C/C=C\C/C=C\CCCCC(=O)OCC(COC(=O)CCCCCCCCCCCCCCCCCCCCCCCCCCCC)OC(=O)CCCCCCCCCCCCCCCCCCCCCCC. The van der Waals surface area contributed by atoms with Gasteiger partial charge in [0.15, 0.2) is 6.10 Å². The summed E-state index contributed by atoms with van der Waals surface area (Å²) >= 11 is 0. The average molecular weight is 1120 g/mol. The number of unbranched alkanes of at least 4 members (excludes halogenated alkanes) is 47. The molecule has 0 aliphatic rings. The molecule has 0 aliphatic carbocycles. The van der Waals surface area contributed by atoms with Gasteiger partial charge in [0, 0.05) is 19.3 Å². The van der Waals surface area contributed by atoms with Gasteiger partial charge in [0.2, 0.25) is 0 Å². The van der Waals surface area contributed by atoms with Crippen LogP contribution in [-0.2, 0) is 28.6 Å². The van der Waals surface area contributed by atoms with Gasteiger partial charge in [-0.05, 0) is 57.8 Å². The molecule has 0 aliphatic heterocycles. The van der Waals surface area contributed by atoms with E-state index >= 15 is 0 Å². The first-order valence-corrected chi connectivity index (χ1v) is 35.6. The van der Waals surface area contributed by atoms with Crippen LogP contribution in [0.3, 0.4) is 0 Å². The number of hydrogen-bond acceptors (Lipinski definition) is 6. The van der Waals surface area contributed by atoms with Gasteiger partial charge >= 0.3 is 17.9 Å². The number of esters is 3. The highest BCUT2D eigenvalue weighted by atomic mass is 16.6. The second-order valence-electron chi connectivity index (χ2n) is 24.1. The number of rotatable bonds is 66. The van der Waals surface area contributed by atoms with Crippen molar-refractivity contribution >= 4 is 17.9 Å². The van der Waals surface area contributed by atoms with Crippen LogP contribution in [0.1, 0.15) is 387 Å². The molecule has 0 amide bonds. The third-order valence-electron chi connectivity index (χ3n) is 16.1. The highest BCUT2D eigenvalue weighted by Crippen LogP contribution is 2.19. The van der Waals surface area contributed by atoms with Gasteiger partial charge in [0.25, 0.3) is 0 Å². The number of hydrogen-bond donors (Lipinski definition) is 0. The topological polar surface area (TPSA) is 78.9 Å². The summed E-state index contributed by atoms with van der Waals surface area (Å²) in [5.74, 6) is -0.896. The molecule has 0 N–H and O–H groups in total. The van der Waals surface area contributed by atoms with Gasteiger partial charge in [-0.1, -0.05) is 358 Å². The van der Waals surface area contributed by atoms with E-state index in [4.69, 9.17) is 14.2 Å². The molecule has 468 valence electrons. The third kappa shape index (κ3) is 66.2. The van der Waals surface area contributed by atoms with Crippen molar-refractivity contribution in [1.29, 1.82) is 0 Å². The van der Waals surface area contributed by atoms with Crippen molar-refractivity contribution in [2.75, 3.05) is 13.2 Å². The van der Waals surface area contributed by atoms with Crippen molar-refractivity contribution in [1.82, 2.24) is 0 Å². The van der Waals surface area contributed by atoms with Crippen LogP contribution in [0.2, 0.25) is 0 Å². The van der Waals surface area contributed by atoms with E-state index in [1.807, 2.05) is 0 Å². The largest absolute Gasteiger partial charge is 0.462 e. The van der Waals surface area contributed by atoms with E-state index in [-0.39, 0.29) is 31.1 Å². The predicted octanol–water partition coefficient (Wildman–Crippen LogP) is 24.5. The van der Waals surface area contributed by atoms with Crippen molar-refractivity contribution in [3.8, 4) is 0 Å². The maximum absolute atomic E-state index is 13.0. The van der Waals surface area contributed by atoms with E-state index in [9.17, 15) is 14.4 Å². The van der Waals surface area contributed by atoms with Crippen LogP contribution in [0.25, 0.3) is 0 Å². The van der Waals surface area contributed by atoms with Crippen LogP contribution in [0.5, 0.6) is 0 Å². The Kier molecular flexibility index (Phi) is 66.6. The van der Waals surface area contributed by atoms with Crippen LogP contribution in [0.4, 0.5) is 0 Å². The van der Waals surface area contributed by atoms with E-state index < -0.39 is 6.10 Å². The Morgan fingerprint density at radius 3 is 0.762 bits per heavy atom. The zero-order chi connectivity index (χ0) is 57.8. The van der Waals surface area contributed by atoms with Crippen molar-refractivity contribution in [3.63, 3.8) is 0 Å². The van der Waals surface area contributed by atoms with Crippen LogP contribution in [0.15, 0.2) is 48.6 Å². The van der Waals surface area contributed by atoms with Gasteiger partial charge < -0.3 is 14.2 Å². The summed E-state index contributed by atoms with van der Waals surface area (Å²) in [6.07, 6.45) is 87.3. The summed E-state index contributed by atoms with van der Waals surface area (Å²) in [6.45, 7) is 6.57. The Labute approximate surface area is 498 Å². The zero-order valence-electron chi connectivity index (χ0n) is 53.9. The van der Waals surface area contributed by atoms with Gasteiger partial charge in [-0.3, -0.25) is 14.4 Å². The highest BCUT2D eigenvalue weighted by Gasteiger charge is 2.19. The Morgan fingerprint density at radius 2 is 0.487 bits per heavy atom.